The zero-order valence-corrected chi connectivity index (χ0v) is 15.9. The summed E-state index contributed by atoms with van der Waals surface area (Å²) in [5.74, 6) is -0.0124. The number of morpholine rings is 1. The van der Waals surface area contributed by atoms with Crippen molar-refractivity contribution in [2.75, 3.05) is 46.5 Å². The van der Waals surface area contributed by atoms with E-state index in [1.54, 1.807) is 24.6 Å². The molecule has 0 unspecified atom stereocenters. The van der Waals surface area contributed by atoms with Crippen LogP contribution in [0.15, 0.2) is 41.9 Å². The van der Waals surface area contributed by atoms with Crippen molar-refractivity contribution >= 4 is 17.2 Å². The van der Waals surface area contributed by atoms with E-state index in [4.69, 9.17) is 9.47 Å². The third kappa shape index (κ3) is 5.11. The van der Waals surface area contributed by atoms with Crippen LogP contribution in [0.4, 0.5) is 0 Å². The number of benzene rings is 1. The molecule has 0 saturated carbocycles. The molecule has 3 rings (SSSR count). The molecule has 1 fully saturated rings. The highest BCUT2D eigenvalue weighted by Gasteiger charge is 2.27. The SMILES string of the molecule is CO[C@H](C(=O)N(CC[NH+]1CCOCC1)Cc1nccs1)c1ccccc1. The summed E-state index contributed by atoms with van der Waals surface area (Å²) in [6, 6.07) is 9.66. The van der Waals surface area contributed by atoms with Crippen molar-refractivity contribution in [2.45, 2.75) is 12.6 Å². The molecular formula is C19H26N3O3S+. The number of carbonyl (C=O) groups excluding carboxylic acids is 1. The van der Waals surface area contributed by atoms with Crippen molar-refractivity contribution in [2.24, 2.45) is 0 Å². The molecule has 7 heteroatoms. The number of methoxy groups -OCH3 is 1. The third-order valence-corrected chi connectivity index (χ3v) is 5.38. The molecule has 0 aliphatic carbocycles. The maximum atomic E-state index is 13.2. The molecule has 1 N–H and O–H groups in total. The molecule has 0 radical (unpaired) electrons. The lowest BCUT2D eigenvalue weighted by atomic mass is 10.1. The fourth-order valence-electron chi connectivity index (χ4n) is 3.14. The van der Waals surface area contributed by atoms with E-state index in [9.17, 15) is 4.79 Å². The highest BCUT2D eigenvalue weighted by Crippen LogP contribution is 2.20. The highest BCUT2D eigenvalue weighted by molar-refractivity contribution is 7.09. The molecule has 26 heavy (non-hydrogen) atoms. The topological polar surface area (TPSA) is 56.1 Å². The van der Waals surface area contributed by atoms with E-state index in [2.05, 4.69) is 4.98 Å². The first-order chi connectivity index (χ1) is 12.8. The number of aromatic nitrogens is 1. The van der Waals surface area contributed by atoms with Crippen LogP contribution in [-0.4, -0.2) is 62.3 Å². The Labute approximate surface area is 158 Å². The summed E-state index contributed by atoms with van der Waals surface area (Å²) in [6.07, 6.45) is 1.19. The molecule has 1 aromatic heterocycles. The van der Waals surface area contributed by atoms with E-state index < -0.39 is 6.10 Å². The summed E-state index contributed by atoms with van der Waals surface area (Å²) in [6.45, 7) is 5.68. The van der Waals surface area contributed by atoms with Crippen molar-refractivity contribution in [1.82, 2.24) is 9.88 Å². The number of nitrogens with one attached hydrogen (secondary N) is 1. The maximum absolute atomic E-state index is 13.2. The normalized spacial score (nSPS) is 16.3. The van der Waals surface area contributed by atoms with Gasteiger partial charge in [0, 0.05) is 18.7 Å². The second kappa shape index (κ2) is 9.78. The van der Waals surface area contributed by atoms with Crippen LogP contribution in [0.1, 0.15) is 16.7 Å². The van der Waals surface area contributed by atoms with E-state index in [0.717, 1.165) is 43.4 Å². The summed E-state index contributed by atoms with van der Waals surface area (Å²) in [5.41, 5.74) is 0.878. The molecule has 1 aliphatic rings. The molecule has 0 bridgehead atoms. The Morgan fingerprint density at radius 3 is 2.77 bits per heavy atom. The Bertz CT molecular complexity index is 660. The van der Waals surface area contributed by atoms with E-state index in [-0.39, 0.29) is 5.91 Å². The van der Waals surface area contributed by atoms with Gasteiger partial charge in [0.05, 0.1) is 32.8 Å². The van der Waals surface area contributed by atoms with Crippen LogP contribution in [0.2, 0.25) is 0 Å². The van der Waals surface area contributed by atoms with Crippen LogP contribution >= 0.6 is 11.3 Å². The zero-order chi connectivity index (χ0) is 18.2. The van der Waals surface area contributed by atoms with Gasteiger partial charge in [-0.05, 0) is 5.56 Å². The number of hydrogen-bond donors (Lipinski definition) is 1. The van der Waals surface area contributed by atoms with E-state index in [0.29, 0.717) is 13.1 Å². The van der Waals surface area contributed by atoms with Gasteiger partial charge in [-0.3, -0.25) is 4.79 Å². The van der Waals surface area contributed by atoms with Crippen LogP contribution in [0.25, 0.3) is 0 Å². The largest absolute Gasteiger partial charge is 0.370 e. The molecule has 6 nitrogen and oxygen atoms in total. The first kappa shape index (κ1) is 19.0. The van der Waals surface area contributed by atoms with E-state index in [1.807, 2.05) is 40.6 Å². The fraction of sp³-hybridized carbons (Fsp3) is 0.474. The summed E-state index contributed by atoms with van der Waals surface area (Å²) in [4.78, 5) is 20.9. The monoisotopic (exact) mass is 376 g/mol. The standard InChI is InChI=1S/C19H25N3O3S/c1-24-18(16-5-3-2-4-6-16)19(23)22(15-17-20-7-14-26-17)9-8-21-10-12-25-13-11-21/h2-7,14,18H,8-13,15H2,1H3/p+1/t18-/m0/s1. The number of carbonyl (C=O) groups is 1. The van der Waals surface area contributed by atoms with Gasteiger partial charge in [-0.2, -0.15) is 0 Å². The first-order valence-electron chi connectivity index (χ1n) is 8.94. The number of ether oxygens (including phenoxy) is 2. The lowest BCUT2D eigenvalue weighted by molar-refractivity contribution is -0.907. The zero-order valence-electron chi connectivity index (χ0n) is 15.1. The number of hydrogen-bond acceptors (Lipinski definition) is 5. The Kier molecular flexibility index (Phi) is 7.13. The molecule has 1 atom stereocenters. The van der Waals surface area contributed by atoms with Crippen molar-refractivity contribution in [1.29, 1.82) is 0 Å². The lowest BCUT2D eigenvalue weighted by Crippen LogP contribution is -3.14. The number of quaternary nitrogens is 1. The van der Waals surface area contributed by atoms with Crippen LogP contribution in [0, 0.1) is 0 Å². The van der Waals surface area contributed by atoms with Gasteiger partial charge in [0.15, 0.2) is 6.10 Å². The van der Waals surface area contributed by atoms with Gasteiger partial charge >= 0.3 is 0 Å². The van der Waals surface area contributed by atoms with E-state index >= 15 is 0 Å². The quantitative estimate of drug-likeness (QED) is 0.740. The molecule has 1 saturated heterocycles. The molecule has 1 aromatic carbocycles. The van der Waals surface area contributed by atoms with Crippen molar-refractivity contribution in [3.8, 4) is 0 Å². The van der Waals surface area contributed by atoms with Crippen LogP contribution in [0.5, 0.6) is 0 Å². The second-order valence-corrected chi connectivity index (χ2v) is 7.30. The first-order valence-corrected chi connectivity index (χ1v) is 9.82. The number of nitrogens with zero attached hydrogens (tertiary/aromatic N) is 2. The fourth-order valence-corrected chi connectivity index (χ4v) is 3.77. The van der Waals surface area contributed by atoms with Crippen molar-refractivity contribution in [3.63, 3.8) is 0 Å². The summed E-state index contributed by atoms with van der Waals surface area (Å²) in [7, 11) is 1.59. The molecule has 0 spiro atoms. The van der Waals surface area contributed by atoms with Crippen LogP contribution < -0.4 is 4.90 Å². The molecule has 2 aromatic rings. The van der Waals surface area contributed by atoms with Crippen molar-refractivity contribution < 1.29 is 19.2 Å². The third-order valence-electron chi connectivity index (χ3n) is 4.62. The average molecular weight is 377 g/mol. The number of rotatable bonds is 8. The number of amides is 1. The van der Waals surface area contributed by atoms with Gasteiger partial charge in [-0.15, -0.1) is 11.3 Å². The van der Waals surface area contributed by atoms with Gasteiger partial charge in [-0.25, -0.2) is 4.98 Å². The van der Waals surface area contributed by atoms with Gasteiger partial charge < -0.3 is 19.3 Å². The van der Waals surface area contributed by atoms with Crippen molar-refractivity contribution in [3.05, 3.63) is 52.5 Å². The predicted molar refractivity (Wildman–Crippen MR) is 100 cm³/mol. The van der Waals surface area contributed by atoms with Gasteiger partial charge in [0.2, 0.25) is 0 Å². The lowest BCUT2D eigenvalue weighted by Gasteiger charge is -2.29. The van der Waals surface area contributed by atoms with Gasteiger partial charge in [0.25, 0.3) is 5.91 Å². The Morgan fingerprint density at radius 1 is 1.35 bits per heavy atom. The minimum absolute atomic E-state index is 0.0124. The molecule has 1 amide bonds. The number of thiazole rings is 1. The molecule has 1 aliphatic heterocycles. The molecule has 2 heterocycles. The Hall–Kier alpha value is -1.80. The van der Waals surface area contributed by atoms with Gasteiger partial charge in [-0.1, -0.05) is 30.3 Å². The minimum atomic E-state index is -0.587. The Balaban J connectivity index is 1.71. The van der Waals surface area contributed by atoms with E-state index in [1.165, 1.54) is 4.90 Å². The summed E-state index contributed by atoms with van der Waals surface area (Å²) < 4.78 is 11.0. The maximum Gasteiger partial charge on any atom is 0.256 e. The summed E-state index contributed by atoms with van der Waals surface area (Å²) >= 11 is 1.57. The second-order valence-electron chi connectivity index (χ2n) is 6.32. The highest BCUT2D eigenvalue weighted by atomic mass is 32.1. The molecular weight excluding hydrogens is 350 g/mol. The van der Waals surface area contributed by atoms with Crippen LogP contribution in [-0.2, 0) is 20.8 Å². The average Bonchev–Trinajstić information content (AvgIpc) is 3.20. The molecule has 140 valence electrons. The minimum Gasteiger partial charge on any atom is -0.370 e. The smallest absolute Gasteiger partial charge is 0.256 e. The predicted octanol–water partition coefficient (Wildman–Crippen LogP) is 0.775. The Morgan fingerprint density at radius 2 is 2.12 bits per heavy atom. The van der Waals surface area contributed by atoms with Gasteiger partial charge in [0.1, 0.15) is 18.1 Å². The summed E-state index contributed by atoms with van der Waals surface area (Å²) in [5, 5.41) is 2.88. The van der Waals surface area contributed by atoms with Crippen LogP contribution in [0.3, 0.4) is 0 Å².